The van der Waals surface area contributed by atoms with Crippen molar-refractivity contribution in [1.29, 1.82) is 0 Å². The lowest BCUT2D eigenvalue weighted by Gasteiger charge is -2.12. The number of imidazole rings is 1. The Morgan fingerprint density at radius 1 is 0.900 bits per heavy atom. The lowest BCUT2D eigenvalue weighted by atomic mass is 10.0. The number of aromatic nitrogens is 2. The predicted octanol–water partition coefficient (Wildman–Crippen LogP) is 9.03. The molecule has 4 aromatic carbocycles. The van der Waals surface area contributed by atoms with Gasteiger partial charge in [-0.05, 0) is 71.3 Å². The topological polar surface area (TPSA) is 67.1 Å². The van der Waals surface area contributed by atoms with Crippen LogP contribution in [-0.2, 0) is 12.7 Å². The summed E-state index contributed by atoms with van der Waals surface area (Å²) in [5.74, 6) is -0.528. The quantitative estimate of drug-likeness (QED) is 0.201. The van der Waals surface area contributed by atoms with Crippen LogP contribution in [0.3, 0.4) is 0 Å². The maximum absolute atomic E-state index is 13.1. The molecule has 0 unspecified atom stereocenters. The summed E-state index contributed by atoms with van der Waals surface area (Å²) >= 11 is 12.5. The number of nitrogens with one attached hydrogen (secondary N) is 1. The Morgan fingerprint density at radius 2 is 1.62 bits per heavy atom. The number of alkyl halides is 3. The van der Waals surface area contributed by atoms with Gasteiger partial charge in [0.1, 0.15) is 0 Å². The molecule has 0 atom stereocenters. The van der Waals surface area contributed by atoms with Gasteiger partial charge in [-0.1, -0.05) is 59.6 Å². The molecule has 2 N–H and O–H groups in total. The number of aromatic carboxylic acids is 1. The van der Waals surface area contributed by atoms with Gasteiger partial charge >= 0.3 is 12.1 Å². The molecule has 0 spiro atoms. The number of nitrogens with zero attached hydrogens (tertiary/aromatic N) is 2. The van der Waals surface area contributed by atoms with Crippen LogP contribution < -0.4 is 5.32 Å². The molecule has 0 amide bonds. The van der Waals surface area contributed by atoms with Crippen molar-refractivity contribution in [3.05, 3.63) is 124 Å². The molecule has 5 rings (SSSR count). The van der Waals surface area contributed by atoms with Crippen LogP contribution in [0.1, 0.15) is 21.5 Å². The van der Waals surface area contributed by atoms with Crippen LogP contribution >= 0.6 is 23.2 Å². The molecule has 40 heavy (non-hydrogen) atoms. The lowest BCUT2D eigenvalue weighted by Crippen LogP contribution is -2.05. The fourth-order valence-electron chi connectivity index (χ4n) is 4.16. The van der Waals surface area contributed by atoms with E-state index in [4.69, 9.17) is 28.2 Å². The van der Waals surface area contributed by atoms with Gasteiger partial charge in [0.2, 0.25) is 5.95 Å². The first-order valence-electron chi connectivity index (χ1n) is 12.0. The number of carboxylic acid groups (broad SMARTS) is 1. The van der Waals surface area contributed by atoms with Crippen molar-refractivity contribution in [1.82, 2.24) is 9.55 Å². The molecular weight excluding hydrogens is 562 g/mol. The van der Waals surface area contributed by atoms with Gasteiger partial charge in [-0.2, -0.15) is 13.2 Å². The van der Waals surface area contributed by atoms with Crippen LogP contribution in [0.5, 0.6) is 0 Å². The summed E-state index contributed by atoms with van der Waals surface area (Å²) in [7, 11) is 0. The molecule has 0 aliphatic carbocycles. The largest absolute Gasteiger partial charge is 0.478 e. The van der Waals surface area contributed by atoms with Crippen molar-refractivity contribution in [3.8, 4) is 22.4 Å². The van der Waals surface area contributed by atoms with E-state index in [9.17, 15) is 23.1 Å². The van der Waals surface area contributed by atoms with E-state index >= 15 is 0 Å². The molecule has 5 nitrogen and oxygen atoms in total. The number of carbonyl (C=O) groups is 1. The van der Waals surface area contributed by atoms with E-state index in [0.29, 0.717) is 50.6 Å². The van der Waals surface area contributed by atoms with Crippen molar-refractivity contribution in [3.63, 3.8) is 0 Å². The summed E-state index contributed by atoms with van der Waals surface area (Å²) in [4.78, 5) is 16.0. The summed E-state index contributed by atoms with van der Waals surface area (Å²) in [5.41, 5.74) is 3.33. The number of anilines is 2. The first kappa shape index (κ1) is 27.3. The second-order valence-corrected chi connectivity index (χ2v) is 9.83. The van der Waals surface area contributed by atoms with Crippen LogP contribution in [0.2, 0.25) is 10.0 Å². The van der Waals surface area contributed by atoms with E-state index in [1.807, 2.05) is 10.8 Å². The molecule has 1 heterocycles. The molecule has 1 aromatic heterocycles. The molecule has 0 saturated heterocycles. The number of rotatable bonds is 7. The Bertz CT molecular complexity index is 1680. The minimum absolute atomic E-state index is 0.183. The van der Waals surface area contributed by atoms with E-state index in [1.54, 1.807) is 60.7 Å². The molecule has 0 bridgehead atoms. The average Bonchev–Trinajstić information content (AvgIpc) is 3.30. The van der Waals surface area contributed by atoms with E-state index in [0.717, 1.165) is 17.7 Å². The van der Waals surface area contributed by atoms with Crippen molar-refractivity contribution in [2.45, 2.75) is 12.7 Å². The van der Waals surface area contributed by atoms with E-state index in [2.05, 4.69) is 5.32 Å². The molecular formula is C30H20Cl2F3N3O2. The fraction of sp³-hybridized carbons (Fsp3) is 0.0667. The van der Waals surface area contributed by atoms with Gasteiger partial charge in [-0.15, -0.1) is 0 Å². The van der Waals surface area contributed by atoms with Gasteiger partial charge in [-0.25, -0.2) is 9.78 Å². The van der Waals surface area contributed by atoms with Crippen molar-refractivity contribution < 1.29 is 23.1 Å². The second-order valence-electron chi connectivity index (χ2n) is 8.98. The Hall–Kier alpha value is -4.27. The molecule has 202 valence electrons. The summed E-state index contributed by atoms with van der Waals surface area (Å²) in [6.07, 6.45) is -2.60. The van der Waals surface area contributed by atoms with E-state index in [1.165, 1.54) is 18.2 Å². The molecule has 0 aliphatic rings. The van der Waals surface area contributed by atoms with Crippen LogP contribution in [0, 0.1) is 0 Å². The average molecular weight is 582 g/mol. The number of benzene rings is 4. The Labute approximate surface area is 237 Å². The zero-order valence-corrected chi connectivity index (χ0v) is 22.1. The Balaban J connectivity index is 1.45. The summed E-state index contributed by atoms with van der Waals surface area (Å²) in [6, 6.07) is 23.8. The molecule has 0 fully saturated rings. The van der Waals surface area contributed by atoms with Gasteiger partial charge in [0.25, 0.3) is 0 Å². The first-order valence-corrected chi connectivity index (χ1v) is 12.7. The predicted molar refractivity (Wildman–Crippen MR) is 150 cm³/mol. The highest BCUT2D eigenvalue weighted by molar-refractivity contribution is 6.36. The molecule has 0 radical (unpaired) electrons. The van der Waals surface area contributed by atoms with Gasteiger partial charge < -0.3 is 15.0 Å². The zero-order valence-electron chi connectivity index (χ0n) is 20.6. The van der Waals surface area contributed by atoms with Crippen LogP contribution in [0.4, 0.5) is 24.8 Å². The summed E-state index contributed by atoms with van der Waals surface area (Å²) in [5, 5.41) is 13.4. The third-order valence-corrected chi connectivity index (χ3v) is 6.75. The molecule has 10 heteroatoms. The maximum Gasteiger partial charge on any atom is 0.416 e. The fourth-order valence-corrected chi connectivity index (χ4v) is 4.67. The van der Waals surface area contributed by atoms with Crippen LogP contribution in [-0.4, -0.2) is 20.6 Å². The third kappa shape index (κ3) is 6.14. The number of carboxylic acids is 1. The summed E-state index contributed by atoms with van der Waals surface area (Å²) in [6.45, 7) is 0.378. The standard InChI is InChI=1S/C30H20Cl2F3N3O2/c31-23-10-13-25(26(32)15-23)27-17-38(16-18-4-6-20(7-5-18)28(39)40)29(37-27)36-24-11-8-19(9-12-24)21-2-1-3-22(14-21)30(33,34)35/h1-15,17H,16H2,(H,36,37)(H,39,40). The van der Waals surface area contributed by atoms with E-state index < -0.39 is 17.7 Å². The molecule has 0 saturated carbocycles. The van der Waals surface area contributed by atoms with Crippen LogP contribution in [0.25, 0.3) is 22.4 Å². The van der Waals surface area contributed by atoms with Gasteiger partial charge in [0.05, 0.1) is 28.4 Å². The first-order chi connectivity index (χ1) is 19.1. The zero-order chi connectivity index (χ0) is 28.4. The van der Waals surface area contributed by atoms with Gasteiger partial charge in [0, 0.05) is 22.5 Å². The van der Waals surface area contributed by atoms with Gasteiger partial charge in [0.15, 0.2) is 0 Å². The van der Waals surface area contributed by atoms with Gasteiger partial charge in [-0.3, -0.25) is 0 Å². The Morgan fingerprint density at radius 3 is 2.27 bits per heavy atom. The highest BCUT2D eigenvalue weighted by Crippen LogP contribution is 2.34. The maximum atomic E-state index is 13.1. The molecule has 5 aromatic rings. The van der Waals surface area contributed by atoms with E-state index in [-0.39, 0.29) is 5.56 Å². The highest BCUT2D eigenvalue weighted by Gasteiger charge is 2.30. The monoisotopic (exact) mass is 581 g/mol. The third-order valence-electron chi connectivity index (χ3n) is 6.20. The highest BCUT2D eigenvalue weighted by atomic mass is 35.5. The second kappa shape index (κ2) is 11.1. The Kier molecular flexibility index (Phi) is 7.56. The van der Waals surface area contributed by atoms with Crippen molar-refractivity contribution in [2.24, 2.45) is 0 Å². The number of halogens is 5. The molecule has 0 aliphatic heterocycles. The SMILES string of the molecule is O=C(O)c1ccc(Cn2cc(-c3ccc(Cl)cc3Cl)nc2Nc2ccc(-c3cccc(C(F)(F)F)c3)cc2)cc1. The van der Waals surface area contributed by atoms with Crippen molar-refractivity contribution in [2.75, 3.05) is 5.32 Å². The van der Waals surface area contributed by atoms with Crippen molar-refractivity contribution >= 4 is 40.8 Å². The normalized spacial score (nSPS) is 11.4. The lowest BCUT2D eigenvalue weighted by molar-refractivity contribution is -0.137. The minimum atomic E-state index is -4.42. The minimum Gasteiger partial charge on any atom is -0.478 e. The smallest absolute Gasteiger partial charge is 0.416 e. The van der Waals surface area contributed by atoms with Crippen LogP contribution in [0.15, 0.2) is 97.2 Å². The number of hydrogen-bond acceptors (Lipinski definition) is 3. The summed E-state index contributed by atoms with van der Waals surface area (Å²) < 4.78 is 41.3. The number of hydrogen-bond donors (Lipinski definition) is 2.